The molecule has 0 saturated carbocycles. The highest BCUT2D eigenvalue weighted by Crippen LogP contribution is 2.19. The number of likely N-dealkylation sites (N-methyl/N-ethyl adjacent to an activating group) is 1. The Bertz CT molecular complexity index is 1350. The van der Waals surface area contributed by atoms with E-state index in [2.05, 4.69) is 26.0 Å². The molecule has 0 aromatic heterocycles. The van der Waals surface area contributed by atoms with Gasteiger partial charge in [-0.3, -0.25) is 9.59 Å². The fourth-order valence-corrected chi connectivity index (χ4v) is 11.2. The fourth-order valence-electron chi connectivity index (χ4n) is 11.2. The van der Waals surface area contributed by atoms with Gasteiger partial charge in [0.05, 0.1) is 34.4 Å². The minimum absolute atomic E-state index is 0.173. The number of carboxylic acids is 1. The van der Waals surface area contributed by atoms with Gasteiger partial charge in [-0.15, -0.1) is 0 Å². The predicted molar refractivity (Wildman–Crippen MR) is 351 cm³/mol. The predicted octanol–water partition coefficient (Wildman–Crippen LogP) is 22.4. The third-order valence-corrected chi connectivity index (χ3v) is 16.8. The van der Waals surface area contributed by atoms with Gasteiger partial charge in [0, 0.05) is 12.8 Å². The highest BCUT2D eigenvalue weighted by Gasteiger charge is 2.25. The van der Waals surface area contributed by atoms with Crippen molar-refractivity contribution in [3.05, 3.63) is 12.2 Å². The zero-order chi connectivity index (χ0) is 59.8. The first-order valence-electron chi connectivity index (χ1n) is 36.4. The number of quaternary nitrogens is 1. The lowest BCUT2D eigenvalue weighted by molar-refractivity contribution is -0.870. The summed E-state index contributed by atoms with van der Waals surface area (Å²) in [5.41, 5.74) is 0. The second-order valence-corrected chi connectivity index (χ2v) is 26.3. The van der Waals surface area contributed by atoms with Crippen LogP contribution in [0.15, 0.2) is 12.2 Å². The molecule has 0 spiro atoms. The van der Waals surface area contributed by atoms with Gasteiger partial charge in [-0.1, -0.05) is 341 Å². The molecule has 0 aromatic carbocycles. The molecule has 0 amide bonds. The van der Waals surface area contributed by atoms with E-state index in [-0.39, 0.29) is 38.2 Å². The molecule has 9 heteroatoms. The Balaban J connectivity index is 4.03. The van der Waals surface area contributed by atoms with Gasteiger partial charge in [-0.05, 0) is 38.5 Å². The summed E-state index contributed by atoms with van der Waals surface area (Å²) in [5, 5.41) is 9.75. The topological polar surface area (TPSA) is 108 Å². The van der Waals surface area contributed by atoms with Gasteiger partial charge in [-0.25, -0.2) is 4.79 Å². The van der Waals surface area contributed by atoms with E-state index in [0.29, 0.717) is 17.4 Å². The van der Waals surface area contributed by atoms with Crippen LogP contribution in [0.5, 0.6) is 0 Å². The normalized spacial score (nSPS) is 12.6. The maximum absolute atomic E-state index is 12.9. The number of unbranched alkanes of at least 4 members (excludes halogenated alkanes) is 52. The molecular weight excluding hydrogens is 1020 g/mol. The third kappa shape index (κ3) is 65.6. The van der Waals surface area contributed by atoms with Crippen molar-refractivity contribution in [1.29, 1.82) is 0 Å². The number of nitrogens with zero attached hydrogens (tertiary/aromatic N) is 1. The van der Waals surface area contributed by atoms with Gasteiger partial charge in [-0.2, -0.15) is 0 Å². The Morgan fingerprint density at radius 1 is 0.354 bits per heavy atom. The Kier molecular flexibility index (Phi) is 63.5. The van der Waals surface area contributed by atoms with E-state index >= 15 is 0 Å². The second-order valence-electron chi connectivity index (χ2n) is 26.3. The van der Waals surface area contributed by atoms with Crippen molar-refractivity contribution in [3.8, 4) is 0 Å². The fraction of sp³-hybridized carbons (Fsp3) is 0.932. The van der Waals surface area contributed by atoms with Crippen LogP contribution in [0, 0.1) is 0 Å². The molecule has 486 valence electrons. The monoisotopic (exact) mass is 1160 g/mol. The van der Waals surface area contributed by atoms with Crippen LogP contribution in [0.4, 0.5) is 0 Å². The molecule has 0 aliphatic carbocycles. The van der Waals surface area contributed by atoms with Gasteiger partial charge in [0.15, 0.2) is 6.10 Å². The van der Waals surface area contributed by atoms with Crippen LogP contribution >= 0.6 is 0 Å². The summed E-state index contributed by atoms with van der Waals surface area (Å²) in [6.45, 7) is 4.97. The van der Waals surface area contributed by atoms with Gasteiger partial charge in [0.25, 0.3) is 6.29 Å². The lowest BCUT2D eigenvalue weighted by Gasteiger charge is -2.25. The molecule has 9 nitrogen and oxygen atoms in total. The lowest BCUT2D eigenvalue weighted by atomic mass is 10.0. The van der Waals surface area contributed by atoms with Crippen molar-refractivity contribution in [2.24, 2.45) is 0 Å². The van der Waals surface area contributed by atoms with E-state index in [9.17, 15) is 19.5 Å². The van der Waals surface area contributed by atoms with E-state index in [1.165, 1.54) is 315 Å². The highest BCUT2D eigenvalue weighted by molar-refractivity contribution is 5.71. The van der Waals surface area contributed by atoms with Crippen molar-refractivity contribution in [1.82, 2.24) is 0 Å². The smallest absolute Gasteiger partial charge is 0.361 e. The molecule has 0 heterocycles. The zero-order valence-corrected chi connectivity index (χ0v) is 55.7. The van der Waals surface area contributed by atoms with Crippen LogP contribution in [0.2, 0.25) is 0 Å². The Morgan fingerprint density at radius 2 is 0.622 bits per heavy atom. The minimum atomic E-state index is -1.51. The van der Waals surface area contributed by atoms with Crippen molar-refractivity contribution in [2.45, 2.75) is 392 Å². The standard InChI is InChI=1S/C73H141NO8/c1-6-8-10-12-14-16-18-20-22-24-26-28-30-32-34-36-38-40-42-44-46-48-50-52-54-56-58-60-62-64-71(76)82-69(68-81-73(72(77)78)79-66-65-74(3,4)5)67-80-70(75)63-61-59-57-55-53-51-49-47-45-43-41-39-37-35-33-31-29-27-25-23-21-19-17-15-13-11-9-7-2/h24,26,69,73H,6-23,25,27-68H2,1-5H3/p+1/b26-24-. The first-order valence-corrected chi connectivity index (χ1v) is 36.4. The molecule has 2 unspecified atom stereocenters. The van der Waals surface area contributed by atoms with Crippen LogP contribution in [0.1, 0.15) is 380 Å². The van der Waals surface area contributed by atoms with Crippen LogP contribution in [0.3, 0.4) is 0 Å². The number of carboxylic acid groups (broad SMARTS) is 1. The van der Waals surface area contributed by atoms with Crippen LogP contribution in [-0.2, 0) is 33.3 Å². The van der Waals surface area contributed by atoms with Crippen LogP contribution in [0.25, 0.3) is 0 Å². The Morgan fingerprint density at radius 3 is 0.902 bits per heavy atom. The summed E-state index contributed by atoms with van der Waals surface area (Å²) in [4.78, 5) is 37.6. The molecule has 0 aliphatic rings. The molecule has 0 saturated heterocycles. The summed E-state index contributed by atoms with van der Waals surface area (Å²) < 4.78 is 23.0. The number of hydrogen-bond acceptors (Lipinski definition) is 7. The maximum atomic E-state index is 12.9. The molecule has 0 bridgehead atoms. The van der Waals surface area contributed by atoms with Crippen molar-refractivity contribution in [2.75, 3.05) is 47.5 Å². The summed E-state index contributed by atoms with van der Waals surface area (Å²) in [6, 6.07) is 0. The number of carbonyl (C=O) groups excluding carboxylic acids is 2. The number of ether oxygens (including phenoxy) is 4. The number of esters is 2. The molecule has 0 aromatic rings. The van der Waals surface area contributed by atoms with Crippen molar-refractivity contribution >= 4 is 17.9 Å². The average molecular weight is 1160 g/mol. The van der Waals surface area contributed by atoms with Crippen LogP contribution < -0.4 is 0 Å². The SMILES string of the molecule is CCCCCCCCCC/C=C\CCCCCCCCCCCCCCCCCCCC(=O)OC(COC(=O)CCCCCCCCCCCCCCCCCCCCCCCCCCCCCC)COC(OCC[N+](C)(C)C)C(=O)O. The molecule has 0 aliphatic heterocycles. The minimum Gasteiger partial charge on any atom is -0.477 e. The summed E-state index contributed by atoms with van der Waals surface area (Å²) in [7, 11) is 6.00. The molecule has 0 radical (unpaired) electrons. The van der Waals surface area contributed by atoms with Gasteiger partial charge < -0.3 is 28.5 Å². The second kappa shape index (κ2) is 65.0. The first-order chi connectivity index (χ1) is 40.1. The third-order valence-electron chi connectivity index (χ3n) is 16.8. The maximum Gasteiger partial charge on any atom is 0.361 e. The lowest BCUT2D eigenvalue weighted by Crippen LogP contribution is -2.40. The Hall–Kier alpha value is -1.97. The van der Waals surface area contributed by atoms with Gasteiger partial charge >= 0.3 is 17.9 Å². The van der Waals surface area contributed by atoms with Crippen molar-refractivity contribution < 1.29 is 42.9 Å². The van der Waals surface area contributed by atoms with E-state index < -0.39 is 18.4 Å². The number of carbonyl (C=O) groups is 3. The zero-order valence-electron chi connectivity index (χ0n) is 55.7. The van der Waals surface area contributed by atoms with Gasteiger partial charge in [0.2, 0.25) is 0 Å². The number of aliphatic carboxylic acids is 1. The summed E-state index contributed by atoms with van der Waals surface area (Å²) in [5.74, 6) is -1.97. The quantitative estimate of drug-likeness (QED) is 0.0211. The first kappa shape index (κ1) is 80.0. The van der Waals surface area contributed by atoms with E-state index in [0.717, 1.165) is 38.5 Å². The van der Waals surface area contributed by atoms with E-state index in [1.807, 2.05) is 21.1 Å². The molecule has 82 heavy (non-hydrogen) atoms. The van der Waals surface area contributed by atoms with E-state index in [1.54, 1.807) is 0 Å². The number of hydrogen-bond donors (Lipinski definition) is 1. The van der Waals surface area contributed by atoms with Crippen molar-refractivity contribution in [3.63, 3.8) is 0 Å². The molecule has 2 atom stereocenters. The van der Waals surface area contributed by atoms with E-state index in [4.69, 9.17) is 18.9 Å². The molecular formula is C73H142NO8+. The average Bonchev–Trinajstić information content (AvgIpc) is 3.47. The van der Waals surface area contributed by atoms with Gasteiger partial charge in [0.1, 0.15) is 13.2 Å². The van der Waals surface area contributed by atoms with Crippen LogP contribution in [-0.4, -0.2) is 87.4 Å². The largest absolute Gasteiger partial charge is 0.477 e. The highest BCUT2D eigenvalue weighted by atomic mass is 16.7. The Labute approximate surface area is 510 Å². The summed E-state index contributed by atoms with van der Waals surface area (Å²) in [6.07, 6.45) is 76.3. The molecule has 0 rings (SSSR count). The number of rotatable bonds is 69. The molecule has 1 N–H and O–H groups in total. The summed E-state index contributed by atoms with van der Waals surface area (Å²) >= 11 is 0. The molecule has 0 fully saturated rings. The number of allylic oxidation sites excluding steroid dienone is 2.